The van der Waals surface area contributed by atoms with Crippen LogP contribution < -0.4 is 5.32 Å². The summed E-state index contributed by atoms with van der Waals surface area (Å²) in [5, 5.41) is 8.94. The molecule has 1 N–H and O–H groups in total. The zero-order valence-electron chi connectivity index (χ0n) is 8.61. The van der Waals surface area contributed by atoms with Crippen molar-refractivity contribution >= 4 is 39.9 Å². The van der Waals surface area contributed by atoms with E-state index < -0.39 is 0 Å². The molecule has 0 unspecified atom stereocenters. The molecule has 0 aliphatic rings. The topological polar surface area (TPSA) is 37.8 Å². The van der Waals surface area contributed by atoms with E-state index in [9.17, 15) is 0 Å². The number of thioether (sulfide) groups is 1. The van der Waals surface area contributed by atoms with Crippen LogP contribution in [0.2, 0.25) is 5.02 Å². The maximum atomic E-state index is 6.07. The zero-order valence-corrected chi connectivity index (χ0v) is 11.0. The van der Waals surface area contributed by atoms with Crippen LogP contribution in [0.5, 0.6) is 0 Å². The number of aromatic nitrogens is 2. The van der Waals surface area contributed by atoms with Gasteiger partial charge in [-0.15, -0.1) is 16.9 Å². The van der Waals surface area contributed by atoms with Crippen molar-refractivity contribution in [2.75, 3.05) is 12.4 Å². The van der Waals surface area contributed by atoms with E-state index in [1.54, 1.807) is 11.8 Å². The van der Waals surface area contributed by atoms with Gasteiger partial charge >= 0.3 is 0 Å². The highest BCUT2D eigenvalue weighted by atomic mass is 35.5. The molecule has 0 aliphatic carbocycles. The van der Waals surface area contributed by atoms with Crippen LogP contribution in [0.3, 0.4) is 0 Å². The van der Waals surface area contributed by atoms with E-state index in [-0.39, 0.29) is 0 Å². The van der Waals surface area contributed by atoms with Gasteiger partial charge in [-0.3, -0.25) is 0 Å². The van der Waals surface area contributed by atoms with Crippen LogP contribution in [0.15, 0.2) is 29.2 Å². The molecule has 1 heterocycles. The summed E-state index contributed by atoms with van der Waals surface area (Å²) in [5.41, 5.74) is 0.970. The number of hydrogen-bond acceptors (Lipinski definition) is 5. The van der Waals surface area contributed by atoms with Crippen molar-refractivity contribution in [1.29, 1.82) is 0 Å². The van der Waals surface area contributed by atoms with Gasteiger partial charge in [0.1, 0.15) is 10.7 Å². The van der Waals surface area contributed by atoms with Gasteiger partial charge in [0.05, 0.1) is 5.02 Å². The average molecular weight is 272 g/mol. The van der Waals surface area contributed by atoms with E-state index in [1.807, 2.05) is 31.3 Å². The van der Waals surface area contributed by atoms with Gasteiger partial charge in [0.15, 0.2) is 0 Å². The SMILES string of the molecule is CNc1snnc1CSc1ccccc1Cl. The first-order chi connectivity index (χ1) is 7.81. The Labute approximate surface area is 107 Å². The summed E-state index contributed by atoms with van der Waals surface area (Å²) in [6, 6.07) is 7.80. The van der Waals surface area contributed by atoms with Crippen molar-refractivity contribution in [1.82, 2.24) is 9.59 Å². The normalized spacial score (nSPS) is 10.4. The predicted octanol–water partition coefficient (Wildman–Crippen LogP) is 3.53. The van der Waals surface area contributed by atoms with E-state index in [1.165, 1.54) is 11.5 Å². The monoisotopic (exact) mass is 271 g/mol. The van der Waals surface area contributed by atoms with E-state index in [2.05, 4.69) is 14.9 Å². The van der Waals surface area contributed by atoms with Crippen molar-refractivity contribution in [3.63, 3.8) is 0 Å². The Morgan fingerprint density at radius 1 is 1.44 bits per heavy atom. The van der Waals surface area contributed by atoms with E-state index in [0.29, 0.717) is 0 Å². The first-order valence-corrected chi connectivity index (χ1v) is 6.81. The highest BCUT2D eigenvalue weighted by Gasteiger charge is 2.07. The molecule has 0 amide bonds. The quantitative estimate of drug-likeness (QED) is 0.864. The standard InChI is InChI=1S/C10H10ClN3S2/c1-12-10-8(13-14-16-10)6-15-9-5-3-2-4-7(9)11/h2-5,12H,6H2,1H3. The lowest BCUT2D eigenvalue weighted by Crippen LogP contribution is -1.90. The first-order valence-electron chi connectivity index (χ1n) is 4.67. The van der Waals surface area contributed by atoms with Gasteiger partial charge in [-0.2, -0.15) is 0 Å². The van der Waals surface area contributed by atoms with Gasteiger partial charge < -0.3 is 5.32 Å². The van der Waals surface area contributed by atoms with Crippen molar-refractivity contribution < 1.29 is 0 Å². The molecule has 1 aromatic heterocycles. The summed E-state index contributed by atoms with van der Waals surface area (Å²) in [5.74, 6) is 0.774. The largest absolute Gasteiger partial charge is 0.377 e. The number of anilines is 1. The molecule has 0 saturated carbocycles. The van der Waals surface area contributed by atoms with Gasteiger partial charge in [-0.1, -0.05) is 28.2 Å². The van der Waals surface area contributed by atoms with Crippen LogP contribution in [-0.4, -0.2) is 16.6 Å². The smallest absolute Gasteiger partial charge is 0.133 e. The van der Waals surface area contributed by atoms with Crippen molar-refractivity contribution in [3.05, 3.63) is 35.0 Å². The number of rotatable bonds is 4. The molecule has 0 fully saturated rings. The van der Waals surface area contributed by atoms with Crippen LogP contribution in [0.1, 0.15) is 5.69 Å². The van der Waals surface area contributed by atoms with Gasteiger partial charge in [-0.05, 0) is 12.1 Å². The van der Waals surface area contributed by atoms with Crippen molar-refractivity contribution in [2.24, 2.45) is 0 Å². The molecule has 0 aliphatic heterocycles. The third kappa shape index (κ3) is 2.66. The molecule has 0 saturated heterocycles. The second kappa shape index (κ2) is 5.52. The molecule has 2 aromatic rings. The molecule has 0 bridgehead atoms. The molecule has 0 atom stereocenters. The Bertz CT molecular complexity index is 473. The highest BCUT2D eigenvalue weighted by Crippen LogP contribution is 2.31. The van der Waals surface area contributed by atoms with Gasteiger partial charge in [0, 0.05) is 29.2 Å². The van der Waals surface area contributed by atoms with Crippen LogP contribution in [0.4, 0.5) is 5.00 Å². The van der Waals surface area contributed by atoms with Crippen LogP contribution in [0.25, 0.3) is 0 Å². The summed E-state index contributed by atoms with van der Waals surface area (Å²) in [6.45, 7) is 0. The van der Waals surface area contributed by atoms with E-state index in [0.717, 1.165) is 26.4 Å². The Morgan fingerprint density at radius 2 is 2.25 bits per heavy atom. The summed E-state index contributed by atoms with van der Waals surface area (Å²) in [6.07, 6.45) is 0. The molecule has 0 radical (unpaired) electrons. The number of hydrogen-bond donors (Lipinski definition) is 1. The third-order valence-corrected chi connectivity index (χ3v) is 4.30. The minimum absolute atomic E-state index is 0.774. The minimum atomic E-state index is 0.774. The summed E-state index contributed by atoms with van der Waals surface area (Å²) >= 11 is 9.11. The lowest BCUT2D eigenvalue weighted by molar-refractivity contribution is 1.07. The first kappa shape index (κ1) is 11.7. The second-order valence-electron chi connectivity index (χ2n) is 3.02. The highest BCUT2D eigenvalue weighted by molar-refractivity contribution is 7.98. The van der Waals surface area contributed by atoms with Gasteiger partial charge in [0.2, 0.25) is 0 Å². The Kier molecular flexibility index (Phi) is 4.04. The average Bonchev–Trinajstić information content (AvgIpc) is 2.75. The van der Waals surface area contributed by atoms with Crippen LogP contribution in [-0.2, 0) is 5.75 Å². The lowest BCUT2D eigenvalue weighted by atomic mass is 10.4. The zero-order chi connectivity index (χ0) is 11.4. The number of nitrogens with one attached hydrogen (secondary N) is 1. The number of benzene rings is 1. The lowest BCUT2D eigenvalue weighted by Gasteiger charge is -2.02. The molecule has 3 nitrogen and oxygen atoms in total. The molecule has 1 aromatic carbocycles. The van der Waals surface area contributed by atoms with E-state index in [4.69, 9.17) is 11.6 Å². The molecule has 0 spiro atoms. The molecular weight excluding hydrogens is 262 g/mol. The Morgan fingerprint density at radius 3 is 3.00 bits per heavy atom. The second-order valence-corrected chi connectivity index (χ2v) is 5.20. The molecular formula is C10H10ClN3S2. The summed E-state index contributed by atoms with van der Waals surface area (Å²) < 4.78 is 3.91. The predicted molar refractivity (Wildman–Crippen MR) is 70.5 cm³/mol. The maximum Gasteiger partial charge on any atom is 0.133 e. The fraction of sp³-hybridized carbons (Fsp3) is 0.200. The Hall–Kier alpha value is -0.780. The van der Waals surface area contributed by atoms with E-state index >= 15 is 0 Å². The van der Waals surface area contributed by atoms with Gasteiger partial charge in [0.25, 0.3) is 0 Å². The van der Waals surface area contributed by atoms with Crippen LogP contribution in [0, 0.1) is 0 Å². The maximum absolute atomic E-state index is 6.07. The number of halogens is 1. The Balaban J connectivity index is 2.05. The van der Waals surface area contributed by atoms with Crippen LogP contribution >= 0.6 is 34.9 Å². The fourth-order valence-electron chi connectivity index (χ4n) is 1.20. The number of nitrogens with zero attached hydrogens (tertiary/aromatic N) is 2. The minimum Gasteiger partial charge on any atom is -0.377 e. The summed E-state index contributed by atoms with van der Waals surface area (Å²) in [7, 11) is 1.87. The summed E-state index contributed by atoms with van der Waals surface area (Å²) in [4.78, 5) is 1.07. The van der Waals surface area contributed by atoms with Gasteiger partial charge in [-0.25, -0.2) is 0 Å². The fourth-order valence-corrected chi connectivity index (χ4v) is 3.00. The third-order valence-electron chi connectivity index (χ3n) is 1.98. The molecule has 2 rings (SSSR count). The molecule has 16 heavy (non-hydrogen) atoms. The molecule has 84 valence electrons. The molecule has 6 heteroatoms. The van der Waals surface area contributed by atoms with Crippen molar-refractivity contribution in [3.8, 4) is 0 Å². The van der Waals surface area contributed by atoms with Crippen molar-refractivity contribution in [2.45, 2.75) is 10.6 Å².